The molecule has 2 rings (SSSR count). The highest BCUT2D eigenvalue weighted by Crippen LogP contribution is 2.28. The first-order valence-electron chi connectivity index (χ1n) is 6.69. The van der Waals surface area contributed by atoms with Gasteiger partial charge in [-0.1, -0.05) is 19.9 Å². The topological polar surface area (TPSA) is 44.2 Å². The summed E-state index contributed by atoms with van der Waals surface area (Å²) in [6.07, 6.45) is 0.710. The van der Waals surface area contributed by atoms with Gasteiger partial charge in [0.1, 0.15) is 11.6 Å². The van der Waals surface area contributed by atoms with Gasteiger partial charge in [-0.15, -0.1) is 0 Å². The Morgan fingerprint density at radius 1 is 1.25 bits per heavy atom. The summed E-state index contributed by atoms with van der Waals surface area (Å²) in [5, 5.41) is 0.580. The zero-order valence-electron chi connectivity index (χ0n) is 12.3. The van der Waals surface area contributed by atoms with Gasteiger partial charge in [-0.3, -0.25) is 0 Å². The zero-order valence-corrected chi connectivity index (χ0v) is 13.2. The zero-order chi connectivity index (χ0) is 14.5. The van der Waals surface area contributed by atoms with Gasteiger partial charge in [-0.05, 0) is 36.1 Å². The first kappa shape index (κ1) is 14.9. The van der Waals surface area contributed by atoms with E-state index >= 15 is 0 Å². The summed E-state index contributed by atoms with van der Waals surface area (Å²) in [6.45, 7) is 7.04. The highest BCUT2D eigenvalue weighted by atomic mass is 32.1. The van der Waals surface area contributed by atoms with Crippen LogP contribution in [0.2, 0.25) is 0 Å². The summed E-state index contributed by atoms with van der Waals surface area (Å²) in [5.74, 6) is 2.07. The van der Waals surface area contributed by atoms with Crippen molar-refractivity contribution in [1.29, 1.82) is 0 Å². The molecule has 5 heteroatoms. The summed E-state index contributed by atoms with van der Waals surface area (Å²) in [7, 11) is 1.67. The van der Waals surface area contributed by atoms with Crippen molar-refractivity contribution in [2.45, 2.75) is 33.1 Å². The second-order valence-electron chi connectivity index (χ2n) is 5.06. The van der Waals surface area contributed by atoms with Gasteiger partial charge < -0.3 is 9.47 Å². The number of ether oxygens (including phenoxy) is 2. The molecule has 0 aliphatic heterocycles. The number of aromatic nitrogens is 2. The molecule has 0 radical (unpaired) electrons. The van der Waals surface area contributed by atoms with E-state index < -0.39 is 0 Å². The van der Waals surface area contributed by atoms with Crippen LogP contribution in [-0.4, -0.2) is 23.1 Å². The minimum absolute atomic E-state index is 0.476. The molecule has 0 spiro atoms. The fraction of sp³-hybridized carbons (Fsp3) is 0.467. The van der Waals surface area contributed by atoms with Crippen molar-refractivity contribution in [3.05, 3.63) is 35.2 Å². The number of methoxy groups -OCH3 is 1. The van der Waals surface area contributed by atoms with Crippen LogP contribution < -0.4 is 4.74 Å². The number of aryl methyl sites for hydroxylation is 1. The van der Waals surface area contributed by atoms with Gasteiger partial charge in [0.05, 0.1) is 6.61 Å². The first-order valence-corrected chi connectivity index (χ1v) is 7.47. The molecule has 20 heavy (non-hydrogen) atoms. The summed E-state index contributed by atoms with van der Waals surface area (Å²) in [4.78, 5) is 4.35. The van der Waals surface area contributed by atoms with Gasteiger partial charge in [0.2, 0.25) is 0 Å². The maximum absolute atomic E-state index is 5.81. The molecule has 1 aromatic carbocycles. The highest BCUT2D eigenvalue weighted by molar-refractivity contribution is 7.07. The lowest BCUT2D eigenvalue weighted by Gasteiger charge is -2.09. The number of hydrogen-bond donors (Lipinski definition) is 0. The third kappa shape index (κ3) is 4.02. The van der Waals surface area contributed by atoms with Crippen LogP contribution in [0.3, 0.4) is 0 Å². The van der Waals surface area contributed by atoms with Gasteiger partial charge >= 0.3 is 0 Å². The van der Waals surface area contributed by atoms with Crippen LogP contribution in [0.25, 0.3) is 0 Å². The molecule has 0 aliphatic rings. The fourth-order valence-corrected chi connectivity index (χ4v) is 2.44. The summed E-state index contributed by atoms with van der Waals surface area (Å²) < 4.78 is 15.1. The van der Waals surface area contributed by atoms with Crippen molar-refractivity contribution in [3.63, 3.8) is 0 Å². The van der Waals surface area contributed by atoms with Crippen LogP contribution in [0.15, 0.2) is 18.2 Å². The van der Waals surface area contributed by atoms with Crippen molar-refractivity contribution in [2.24, 2.45) is 0 Å². The Morgan fingerprint density at radius 2 is 2.05 bits per heavy atom. The SMILES string of the molecule is COCCc1nsc(Oc2cc(C)cc(C(C)C)c2)n1. The Bertz CT molecular complexity index is 567. The molecular weight excluding hydrogens is 272 g/mol. The highest BCUT2D eigenvalue weighted by Gasteiger charge is 2.08. The molecule has 0 atom stereocenters. The van der Waals surface area contributed by atoms with Gasteiger partial charge in [-0.25, -0.2) is 0 Å². The normalized spacial score (nSPS) is 11.1. The third-order valence-corrected chi connectivity index (χ3v) is 3.56. The van der Waals surface area contributed by atoms with E-state index in [-0.39, 0.29) is 0 Å². The standard InChI is InChI=1S/C15H20N2O2S/c1-10(2)12-7-11(3)8-13(9-12)19-15-16-14(17-20-15)5-6-18-4/h7-10H,5-6H2,1-4H3. The molecular formula is C15H20N2O2S. The Kier molecular flexibility index (Phi) is 5.09. The van der Waals surface area contributed by atoms with E-state index in [1.807, 2.05) is 6.07 Å². The smallest absolute Gasteiger partial charge is 0.298 e. The maximum atomic E-state index is 5.81. The van der Waals surface area contributed by atoms with E-state index in [9.17, 15) is 0 Å². The third-order valence-electron chi connectivity index (χ3n) is 2.92. The molecule has 108 valence electrons. The quantitative estimate of drug-likeness (QED) is 0.808. The minimum atomic E-state index is 0.476. The van der Waals surface area contributed by atoms with E-state index in [2.05, 4.69) is 42.3 Å². The van der Waals surface area contributed by atoms with Crippen molar-refractivity contribution in [3.8, 4) is 10.9 Å². The largest absolute Gasteiger partial charge is 0.430 e. The Balaban J connectivity index is 2.11. The number of rotatable bonds is 6. The molecule has 0 amide bonds. The molecule has 0 N–H and O–H groups in total. The van der Waals surface area contributed by atoms with Crippen molar-refractivity contribution >= 4 is 11.5 Å². The average Bonchev–Trinajstić information content (AvgIpc) is 2.83. The molecule has 0 bridgehead atoms. The molecule has 0 unspecified atom stereocenters. The summed E-state index contributed by atoms with van der Waals surface area (Å²) in [6, 6.07) is 6.26. The van der Waals surface area contributed by atoms with Crippen LogP contribution in [-0.2, 0) is 11.2 Å². The van der Waals surface area contributed by atoms with E-state index in [4.69, 9.17) is 9.47 Å². The van der Waals surface area contributed by atoms with Crippen LogP contribution in [0.1, 0.15) is 36.7 Å². The molecule has 1 heterocycles. The Morgan fingerprint density at radius 3 is 2.75 bits per heavy atom. The Labute approximate surface area is 123 Å². The van der Waals surface area contributed by atoms with Crippen molar-refractivity contribution in [2.75, 3.05) is 13.7 Å². The molecule has 2 aromatic rings. The van der Waals surface area contributed by atoms with E-state index in [0.717, 1.165) is 11.6 Å². The number of nitrogens with zero attached hydrogens (tertiary/aromatic N) is 2. The van der Waals surface area contributed by atoms with Gasteiger partial charge in [-0.2, -0.15) is 9.36 Å². The van der Waals surface area contributed by atoms with E-state index in [0.29, 0.717) is 24.1 Å². The summed E-state index contributed by atoms with van der Waals surface area (Å²) in [5.41, 5.74) is 2.46. The fourth-order valence-electron chi connectivity index (χ4n) is 1.84. The molecule has 0 fully saturated rings. The lowest BCUT2D eigenvalue weighted by molar-refractivity contribution is 0.200. The predicted molar refractivity (Wildman–Crippen MR) is 80.8 cm³/mol. The second kappa shape index (κ2) is 6.81. The minimum Gasteiger partial charge on any atom is -0.430 e. The molecule has 4 nitrogen and oxygen atoms in total. The summed E-state index contributed by atoms with van der Waals surface area (Å²) >= 11 is 1.28. The maximum Gasteiger partial charge on any atom is 0.298 e. The van der Waals surface area contributed by atoms with Crippen molar-refractivity contribution < 1.29 is 9.47 Å². The monoisotopic (exact) mass is 292 g/mol. The average molecular weight is 292 g/mol. The van der Waals surface area contributed by atoms with Gasteiger partial charge in [0.25, 0.3) is 5.19 Å². The van der Waals surface area contributed by atoms with E-state index in [1.54, 1.807) is 7.11 Å². The van der Waals surface area contributed by atoms with Gasteiger partial charge in [0, 0.05) is 25.1 Å². The Hall–Kier alpha value is -1.46. The van der Waals surface area contributed by atoms with E-state index in [1.165, 1.54) is 22.7 Å². The van der Waals surface area contributed by atoms with Crippen LogP contribution in [0.4, 0.5) is 0 Å². The van der Waals surface area contributed by atoms with Crippen molar-refractivity contribution in [1.82, 2.24) is 9.36 Å². The van der Waals surface area contributed by atoms with Gasteiger partial charge in [0.15, 0.2) is 0 Å². The second-order valence-corrected chi connectivity index (χ2v) is 5.77. The lowest BCUT2D eigenvalue weighted by atomic mass is 10.0. The number of hydrogen-bond acceptors (Lipinski definition) is 5. The predicted octanol–water partition coefficient (Wildman–Crippen LogP) is 3.95. The molecule has 0 saturated carbocycles. The molecule has 0 aliphatic carbocycles. The van der Waals surface area contributed by atoms with Crippen LogP contribution >= 0.6 is 11.5 Å². The van der Waals surface area contributed by atoms with Crippen LogP contribution in [0.5, 0.6) is 10.9 Å². The lowest BCUT2D eigenvalue weighted by Crippen LogP contribution is -1.96. The molecule has 1 aromatic heterocycles. The number of benzene rings is 1. The first-order chi connectivity index (χ1) is 9.58. The van der Waals surface area contributed by atoms with Crippen LogP contribution in [0, 0.1) is 6.92 Å². The molecule has 0 saturated heterocycles.